The summed E-state index contributed by atoms with van der Waals surface area (Å²) in [5.41, 5.74) is 2.80. The summed E-state index contributed by atoms with van der Waals surface area (Å²) in [5, 5.41) is 3.57. The summed E-state index contributed by atoms with van der Waals surface area (Å²) in [6.45, 7) is -5.23. The fourth-order valence-electron chi connectivity index (χ4n) is 3.90. The Morgan fingerprint density at radius 2 is 1.46 bits per heavy atom. The predicted octanol–water partition coefficient (Wildman–Crippen LogP) is 7.16. The summed E-state index contributed by atoms with van der Waals surface area (Å²) in [5.74, 6) is 0. The van der Waals surface area contributed by atoms with Crippen molar-refractivity contribution in [2.45, 2.75) is 13.7 Å². The van der Waals surface area contributed by atoms with Crippen LogP contribution in [0.3, 0.4) is 0 Å². The van der Waals surface area contributed by atoms with Crippen molar-refractivity contribution in [2.75, 3.05) is 0 Å². The smallest absolute Gasteiger partial charge is 0.145 e. The number of aromatic nitrogens is 1. The fourth-order valence-corrected chi connectivity index (χ4v) is 3.90. The van der Waals surface area contributed by atoms with Crippen LogP contribution in [0.15, 0.2) is 75.7 Å². The van der Waals surface area contributed by atoms with Crippen molar-refractivity contribution < 1.29 is 17.1 Å². The van der Waals surface area contributed by atoms with Gasteiger partial charge in [0.1, 0.15) is 22.3 Å². The fraction of sp³-hybridized carbons (Fsp3) is 0.0800. The lowest BCUT2D eigenvalue weighted by molar-refractivity contribution is 0.663. The Hall–Kier alpha value is -3.59. The van der Waals surface area contributed by atoms with Crippen LogP contribution < -0.4 is 0 Å². The van der Waals surface area contributed by atoms with Gasteiger partial charge in [0.05, 0.1) is 5.69 Å². The molecule has 0 radical (unpaired) electrons. The zero-order chi connectivity index (χ0) is 23.8. The Morgan fingerprint density at radius 1 is 0.750 bits per heavy atom. The molecule has 0 unspecified atom stereocenters. The minimum Gasteiger partial charge on any atom is -0.456 e. The van der Waals surface area contributed by atoms with Crippen molar-refractivity contribution in [1.29, 1.82) is 0 Å². The minimum absolute atomic E-state index is 0.258. The van der Waals surface area contributed by atoms with Crippen molar-refractivity contribution >= 4 is 43.9 Å². The summed E-state index contributed by atoms with van der Waals surface area (Å²) in [7, 11) is 0. The molecule has 0 aliphatic heterocycles. The SMILES string of the molecule is [2H]C([2H])([2H])c1cnc(-c2cc3oc4ccccc4c3c3c2oc2ccccc23)cc1C([2H])([2H])[2H]. The van der Waals surface area contributed by atoms with Crippen molar-refractivity contribution in [3.63, 3.8) is 0 Å². The van der Waals surface area contributed by atoms with Crippen LogP contribution in [0, 0.1) is 13.7 Å². The molecule has 0 amide bonds. The number of furan rings is 2. The Kier molecular flexibility index (Phi) is 2.08. The van der Waals surface area contributed by atoms with E-state index < -0.39 is 13.7 Å². The lowest BCUT2D eigenvalue weighted by atomic mass is 9.99. The number of aryl methyl sites for hydroxylation is 2. The molecule has 6 rings (SSSR count). The average Bonchev–Trinajstić information content (AvgIpc) is 3.35. The van der Waals surface area contributed by atoms with Gasteiger partial charge in [-0.25, -0.2) is 0 Å². The van der Waals surface area contributed by atoms with Gasteiger partial charge in [0.15, 0.2) is 0 Å². The van der Waals surface area contributed by atoms with Gasteiger partial charge in [-0.1, -0.05) is 36.4 Å². The summed E-state index contributed by atoms with van der Waals surface area (Å²) in [6.07, 6.45) is 1.13. The van der Waals surface area contributed by atoms with Gasteiger partial charge in [-0.3, -0.25) is 4.98 Å². The van der Waals surface area contributed by atoms with Crippen LogP contribution in [-0.2, 0) is 0 Å². The van der Waals surface area contributed by atoms with Gasteiger partial charge in [0, 0.05) is 41.5 Å². The van der Waals surface area contributed by atoms with E-state index >= 15 is 0 Å². The number of hydrogen-bond acceptors (Lipinski definition) is 3. The Balaban J connectivity index is 1.76. The first-order valence-electron chi connectivity index (χ1n) is 11.9. The second-order valence-electron chi connectivity index (χ2n) is 6.81. The third kappa shape index (κ3) is 2.01. The largest absolute Gasteiger partial charge is 0.456 e. The molecule has 28 heavy (non-hydrogen) atoms. The zero-order valence-corrected chi connectivity index (χ0v) is 14.6. The first-order valence-corrected chi connectivity index (χ1v) is 8.90. The molecule has 0 atom stereocenters. The molecule has 0 saturated carbocycles. The van der Waals surface area contributed by atoms with Crippen LogP contribution in [0.2, 0.25) is 0 Å². The molecule has 134 valence electrons. The number of rotatable bonds is 1. The van der Waals surface area contributed by atoms with Crippen LogP contribution >= 0.6 is 0 Å². The van der Waals surface area contributed by atoms with E-state index in [4.69, 9.17) is 17.1 Å². The number of para-hydroxylation sites is 2. The summed E-state index contributed by atoms with van der Waals surface area (Å²) in [6, 6.07) is 18.4. The second kappa shape index (κ2) is 5.46. The molecule has 0 aliphatic rings. The standard InChI is InChI=1S/C25H17NO2/c1-14-11-19(26-13-15(14)2)18-12-22-23(16-7-3-5-9-20(16)27-22)24-17-8-4-6-10-21(17)28-25(18)24/h3-13H,1-2H3/i1D3,2D3. The molecule has 0 saturated heterocycles. The lowest BCUT2D eigenvalue weighted by Crippen LogP contribution is -1.89. The number of benzene rings is 3. The van der Waals surface area contributed by atoms with Crippen LogP contribution in [0.4, 0.5) is 0 Å². The first kappa shape index (κ1) is 10.7. The van der Waals surface area contributed by atoms with Gasteiger partial charge >= 0.3 is 0 Å². The molecule has 0 aliphatic carbocycles. The normalized spacial score (nSPS) is 16.0. The zero-order valence-electron chi connectivity index (χ0n) is 20.6. The highest BCUT2D eigenvalue weighted by molar-refractivity contribution is 6.28. The van der Waals surface area contributed by atoms with E-state index in [-0.39, 0.29) is 11.1 Å². The van der Waals surface area contributed by atoms with Crippen LogP contribution in [0.25, 0.3) is 55.1 Å². The van der Waals surface area contributed by atoms with Crippen LogP contribution in [-0.4, -0.2) is 4.98 Å². The van der Waals surface area contributed by atoms with Gasteiger partial charge in [-0.05, 0) is 49.1 Å². The number of pyridine rings is 1. The van der Waals surface area contributed by atoms with E-state index in [9.17, 15) is 0 Å². The molecule has 3 aromatic carbocycles. The van der Waals surface area contributed by atoms with Gasteiger partial charge in [-0.2, -0.15) is 0 Å². The molecule has 3 nitrogen and oxygen atoms in total. The predicted molar refractivity (Wildman–Crippen MR) is 114 cm³/mol. The van der Waals surface area contributed by atoms with Crippen molar-refractivity contribution in [3.8, 4) is 11.3 Å². The highest BCUT2D eigenvalue weighted by Crippen LogP contribution is 2.44. The topological polar surface area (TPSA) is 39.2 Å². The molecule has 6 aromatic rings. The van der Waals surface area contributed by atoms with Gasteiger partial charge in [-0.15, -0.1) is 0 Å². The number of fused-ring (bicyclic) bond motifs is 7. The van der Waals surface area contributed by atoms with Crippen molar-refractivity contribution in [3.05, 3.63) is 78.0 Å². The summed E-state index contributed by atoms with van der Waals surface area (Å²) >= 11 is 0. The molecule has 3 heteroatoms. The molecule has 0 bridgehead atoms. The molecule has 3 aromatic heterocycles. The Morgan fingerprint density at radius 3 is 2.25 bits per heavy atom. The Labute approximate surface area is 169 Å². The van der Waals surface area contributed by atoms with E-state index in [0.717, 1.165) is 33.3 Å². The highest BCUT2D eigenvalue weighted by atomic mass is 16.3. The maximum atomic E-state index is 7.92. The van der Waals surface area contributed by atoms with Crippen molar-refractivity contribution in [2.24, 2.45) is 0 Å². The highest BCUT2D eigenvalue weighted by Gasteiger charge is 2.20. The van der Waals surface area contributed by atoms with E-state index in [1.807, 2.05) is 48.5 Å². The van der Waals surface area contributed by atoms with Gasteiger partial charge in [0.25, 0.3) is 0 Å². The maximum Gasteiger partial charge on any atom is 0.145 e. The molecule has 0 N–H and O–H groups in total. The second-order valence-corrected chi connectivity index (χ2v) is 6.81. The van der Waals surface area contributed by atoms with Gasteiger partial charge < -0.3 is 8.83 Å². The van der Waals surface area contributed by atoms with E-state index in [2.05, 4.69) is 4.98 Å². The maximum absolute atomic E-state index is 7.92. The summed E-state index contributed by atoms with van der Waals surface area (Å²) < 4.78 is 59.4. The van der Waals surface area contributed by atoms with Crippen LogP contribution in [0.1, 0.15) is 19.4 Å². The molecular formula is C25H17NO2. The van der Waals surface area contributed by atoms with Crippen LogP contribution in [0.5, 0.6) is 0 Å². The summed E-state index contributed by atoms with van der Waals surface area (Å²) in [4.78, 5) is 4.36. The lowest BCUT2D eigenvalue weighted by Gasteiger charge is -2.06. The molecule has 0 fully saturated rings. The third-order valence-corrected chi connectivity index (χ3v) is 5.17. The van der Waals surface area contributed by atoms with E-state index in [0.29, 0.717) is 28.0 Å². The first-order chi connectivity index (χ1) is 16.1. The monoisotopic (exact) mass is 369 g/mol. The molecular weight excluding hydrogens is 346 g/mol. The molecule has 3 heterocycles. The average molecular weight is 369 g/mol. The van der Waals surface area contributed by atoms with E-state index in [1.54, 1.807) is 6.07 Å². The van der Waals surface area contributed by atoms with E-state index in [1.165, 1.54) is 6.07 Å². The van der Waals surface area contributed by atoms with Gasteiger partial charge in [0.2, 0.25) is 0 Å². The minimum atomic E-state index is -2.63. The number of hydrogen-bond donors (Lipinski definition) is 0. The number of nitrogens with zero attached hydrogens (tertiary/aromatic N) is 1. The Bertz CT molecular complexity index is 1740. The third-order valence-electron chi connectivity index (χ3n) is 5.17. The quantitative estimate of drug-likeness (QED) is 0.308. The molecule has 0 spiro atoms. The van der Waals surface area contributed by atoms with Crippen molar-refractivity contribution in [1.82, 2.24) is 4.98 Å².